The van der Waals surface area contributed by atoms with E-state index >= 15 is 0 Å². The molecule has 0 atom stereocenters. The van der Waals surface area contributed by atoms with E-state index in [1.54, 1.807) is 0 Å². The average Bonchev–Trinajstić information content (AvgIpc) is 2.33. The first-order chi connectivity index (χ1) is 5.75. The quantitative estimate of drug-likeness (QED) is 0.646. The van der Waals surface area contributed by atoms with Gasteiger partial charge in [0.25, 0.3) is 0 Å². The molecule has 66 valence electrons. The summed E-state index contributed by atoms with van der Waals surface area (Å²) in [5, 5.41) is 15.9. The number of hydrogen-bond acceptors (Lipinski definition) is 3. The number of rotatable bonds is 2. The van der Waals surface area contributed by atoms with Gasteiger partial charge in [-0.3, -0.25) is 10.00 Å². The molecule has 0 aliphatic carbocycles. The SMILES string of the molecule is Cc1cn[nH]c1CN1CC(O)C1. The fraction of sp³-hybridized carbons (Fsp3) is 0.625. The second kappa shape index (κ2) is 2.88. The molecule has 0 aromatic carbocycles. The van der Waals surface area contributed by atoms with Gasteiger partial charge < -0.3 is 5.11 Å². The summed E-state index contributed by atoms with van der Waals surface area (Å²) in [6.45, 7) is 4.49. The van der Waals surface area contributed by atoms with E-state index in [1.165, 1.54) is 5.56 Å². The second-order valence-electron chi connectivity index (χ2n) is 3.38. The molecule has 2 rings (SSSR count). The number of hydrogen-bond donors (Lipinski definition) is 2. The Morgan fingerprint density at radius 3 is 3.00 bits per heavy atom. The highest BCUT2D eigenvalue weighted by molar-refractivity contribution is 5.13. The number of nitrogens with zero attached hydrogens (tertiary/aromatic N) is 2. The van der Waals surface area contributed by atoms with Crippen LogP contribution < -0.4 is 0 Å². The first kappa shape index (κ1) is 7.76. The van der Waals surface area contributed by atoms with Crippen molar-refractivity contribution < 1.29 is 5.11 Å². The summed E-state index contributed by atoms with van der Waals surface area (Å²) in [6.07, 6.45) is 1.71. The summed E-state index contributed by atoms with van der Waals surface area (Å²) >= 11 is 0. The van der Waals surface area contributed by atoms with Gasteiger partial charge in [-0.15, -0.1) is 0 Å². The number of aryl methyl sites for hydroxylation is 1. The third-order valence-corrected chi connectivity index (χ3v) is 2.25. The van der Waals surface area contributed by atoms with Crippen LogP contribution in [-0.4, -0.2) is 39.4 Å². The summed E-state index contributed by atoms with van der Waals surface area (Å²) in [5.41, 5.74) is 2.35. The Kier molecular flexibility index (Phi) is 1.86. The maximum Gasteiger partial charge on any atom is 0.0794 e. The van der Waals surface area contributed by atoms with E-state index in [4.69, 9.17) is 5.11 Å². The third-order valence-electron chi connectivity index (χ3n) is 2.25. The van der Waals surface area contributed by atoms with Crippen LogP contribution in [0.2, 0.25) is 0 Å². The molecule has 1 aliphatic heterocycles. The van der Waals surface area contributed by atoms with E-state index in [1.807, 2.05) is 13.1 Å². The highest BCUT2D eigenvalue weighted by Gasteiger charge is 2.24. The zero-order valence-corrected chi connectivity index (χ0v) is 7.12. The van der Waals surface area contributed by atoms with Crippen LogP contribution in [0.4, 0.5) is 0 Å². The predicted octanol–water partition coefficient (Wildman–Crippen LogP) is -0.105. The Labute approximate surface area is 71.2 Å². The van der Waals surface area contributed by atoms with Gasteiger partial charge in [0, 0.05) is 19.6 Å². The van der Waals surface area contributed by atoms with Crippen LogP contribution in [0.3, 0.4) is 0 Å². The average molecular weight is 167 g/mol. The number of aromatic nitrogens is 2. The van der Waals surface area contributed by atoms with E-state index in [2.05, 4.69) is 15.1 Å². The number of β-amino-alcohol motifs (C(OH)–C–C–N with tert-alkyl or cyclic N) is 1. The molecule has 1 saturated heterocycles. The number of H-pyrrole nitrogens is 1. The molecule has 1 fully saturated rings. The molecule has 12 heavy (non-hydrogen) atoms. The van der Waals surface area contributed by atoms with Gasteiger partial charge >= 0.3 is 0 Å². The molecule has 0 spiro atoms. The summed E-state index contributed by atoms with van der Waals surface area (Å²) in [4.78, 5) is 2.19. The van der Waals surface area contributed by atoms with Crippen molar-refractivity contribution in [2.75, 3.05) is 13.1 Å². The fourth-order valence-corrected chi connectivity index (χ4v) is 1.43. The summed E-state index contributed by atoms with van der Waals surface area (Å²) in [5.74, 6) is 0. The van der Waals surface area contributed by atoms with Gasteiger partial charge in [0.1, 0.15) is 0 Å². The number of aromatic amines is 1. The lowest BCUT2D eigenvalue weighted by atomic mass is 10.1. The van der Waals surface area contributed by atoms with Crippen molar-refractivity contribution in [2.45, 2.75) is 19.6 Å². The molecule has 2 N–H and O–H groups in total. The first-order valence-corrected chi connectivity index (χ1v) is 4.15. The predicted molar refractivity (Wildman–Crippen MR) is 44.6 cm³/mol. The van der Waals surface area contributed by atoms with Crippen LogP contribution in [0.1, 0.15) is 11.3 Å². The van der Waals surface area contributed by atoms with Crippen molar-refractivity contribution in [1.82, 2.24) is 15.1 Å². The maximum atomic E-state index is 9.05. The molecular formula is C8H13N3O. The molecule has 4 nitrogen and oxygen atoms in total. The zero-order valence-electron chi connectivity index (χ0n) is 7.12. The van der Waals surface area contributed by atoms with Crippen LogP contribution in [0.5, 0.6) is 0 Å². The molecule has 0 radical (unpaired) electrons. The van der Waals surface area contributed by atoms with Gasteiger partial charge in [0.2, 0.25) is 0 Å². The van der Waals surface area contributed by atoms with Gasteiger partial charge in [-0.1, -0.05) is 0 Å². The first-order valence-electron chi connectivity index (χ1n) is 4.15. The van der Waals surface area contributed by atoms with E-state index in [0.717, 1.165) is 25.3 Å². The monoisotopic (exact) mass is 167 g/mol. The fourth-order valence-electron chi connectivity index (χ4n) is 1.43. The van der Waals surface area contributed by atoms with Gasteiger partial charge in [0.15, 0.2) is 0 Å². The topological polar surface area (TPSA) is 52.2 Å². The van der Waals surface area contributed by atoms with Gasteiger partial charge in [0.05, 0.1) is 18.0 Å². The molecular weight excluding hydrogens is 154 g/mol. The Hall–Kier alpha value is -0.870. The molecule has 1 aliphatic rings. The maximum absolute atomic E-state index is 9.05. The number of likely N-dealkylation sites (tertiary alicyclic amines) is 1. The molecule has 0 unspecified atom stereocenters. The van der Waals surface area contributed by atoms with E-state index in [9.17, 15) is 0 Å². The normalized spacial score (nSPS) is 19.5. The minimum atomic E-state index is -0.117. The molecule has 4 heteroatoms. The minimum absolute atomic E-state index is 0.117. The lowest BCUT2D eigenvalue weighted by molar-refractivity contribution is -0.00365. The third kappa shape index (κ3) is 1.35. The standard InChI is InChI=1S/C8H13N3O/c1-6-2-9-10-8(6)5-11-3-7(12)4-11/h2,7,12H,3-5H2,1H3,(H,9,10). The molecule has 0 bridgehead atoms. The number of nitrogens with one attached hydrogen (secondary N) is 1. The van der Waals surface area contributed by atoms with Crippen molar-refractivity contribution >= 4 is 0 Å². The Balaban J connectivity index is 1.92. The Bertz CT molecular complexity index is 265. The molecule has 0 amide bonds. The zero-order chi connectivity index (χ0) is 8.55. The highest BCUT2D eigenvalue weighted by atomic mass is 16.3. The van der Waals surface area contributed by atoms with E-state index in [0.29, 0.717) is 0 Å². The second-order valence-corrected chi connectivity index (χ2v) is 3.38. The van der Waals surface area contributed by atoms with E-state index < -0.39 is 0 Å². The molecule has 1 aromatic rings. The van der Waals surface area contributed by atoms with Gasteiger partial charge in [-0.05, 0) is 12.5 Å². The molecule has 0 saturated carbocycles. The van der Waals surface area contributed by atoms with Gasteiger partial charge in [-0.25, -0.2) is 0 Å². The number of aliphatic hydroxyl groups excluding tert-OH is 1. The highest BCUT2D eigenvalue weighted by Crippen LogP contribution is 2.13. The number of aliphatic hydroxyl groups is 1. The lowest BCUT2D eigenvalue weighted by Gasteiger charge is -2.35. The summed E-state index contributed by atoms with van der Waals surface area (Å²) < 4.78 is 0. The van der Waals surface area contributed by atoms with Crippen LogP contribution >= 0.6 is 0 Å². The van der Waals surface area contributed by atoms with Crippen molar-refractivity contribution in [3.8, 4) is 0 Å². The van der Waals surface area contributed by atoms with Crippen LogP contribution in [0, 0.1) is 6.92 Å². The minimum Gasteiger partial charge on any atom is -0.390 e. The Morgan fingerprint density at radius 1 is 1.75 bits per heavy atom. The summed E-state index contributed by atoms with van der Waals surface area (Å²) in [6, 6.07) is 0. The van der Waals surface area contributed by atoms with Crippen molar-refractivity contribution in [3.05, 3.63) is 17.5 Å². The largest absolute Gasteiger partial charge is 0.390 e. The summed E-state index contributed by atoms with van der Waals surface area (Å²) in [7, 11) is 0. The van der Waals surface area contributed by atoms with Crippen molar-refractivity contribution in [2.24, 2.45) is 0 Å². The van der Waals surface area contributed by atoms with Crippen molar-refractivity contribution in [3.63, 3.8) is 0 Å². The van der Waals surface area contributed by atoms with E-state index in [-0.39, 0.29) is 6.10 Å². The molecule has 1 aromatic heterocycles. The van der Waals surface area contributed by atoms with Crippen LogP contribution in [-0.2, 0) is 6.54 Å². The smallest absolute Gasteiger partial charge is 0.0794 e. The van der Waals surface area contributed by atoms with Crippen LogP contribution in [0.15, 0.2) is 6.20 Å². The van der Waals surface area contributed by atoms with Crippen LogP contribution in [0.25, 0.3) is 0 Å². The lowest BCUT2D eigenvalue weighted by Crippen LogP contribution is -2.49. The van der Waals surface area contributed by atoms with Crippen molar-refractivity contribution in [1.29, 1.82) is 0 Å². The van der Waals surface area contributed by atoms with Gasteiger partial charge in [-0.2, -0.15) is 5.10 Å². The molecule has 2 heterocycles. The Morgan fingerprint density at radius 2 is 2.50 bits per heavy atom.